The van der Waals surface area contributed by atoms with E-state index < -0.39 is 0 Å². The van der Waals surface area contributed by atoms with E-state index in [0.29, 0.717) is 5.17 Å². The van der Waals surface area contributed by atoms with Crippen molar-refractivity contribution in [1.82, 2.24) is 0 Å². The fourth-order valence-electron chi connectivity index (χ4n) is 0.709. The van der Waals surface area contributed by atoms with Crippen molar-refractivity contribution in [2.45, 2.75) is 0 Å². The van der Waals surface area contributed by atoms with Crippen molar-refractivity contribution in [2.24, 2.45) is 5.16 Å². The van der Waals surface area contributed by atoms with E-state index in [1.54, 1.807) is 0 Å². The number of oxime groups is 1. The van der Waals surface area contributed by atoms with E-state index in [4.69, 9.17) is 11.6 Å². The number of benzene rings is 1. The maximum atomic E-state index is 5.73. The normalized spacial score (nSPS) is 11.3. The lowest BCUT2D eigenvalue weighted by Crippen LogP contribution is -1.90. The van der Waals surface area contributed by atoms with Gasteiger partial charge in [0.2, 0.25) is 0 Å². The van der Waals surface area contributed by atoms with Gasteiger partial charge < -0.3 is 4.84 Å². The van der Waals surface area contributed by atoms with Gasteiger partial charge in [-0.25, -0.2) is 0 Å². The quantitative estimate of drug-likeness (QED) is 0.492. The van der Waals surface area contributed by atoms with Crippen LogP contribution in [-0.2, 0) is 4.84 Å². The van der Waals surface area contributed by atoms with Gasteiger partial charge >= 0.3 is 0 Å². The number of halogens is 1. The van der Waals surface area contributed by atoms with Crippen LogP contribution in [-0.4, -0.2) is 12.3 Å². The van der Waals surface area contributed by atoms with E-state index in [1.165, 1.54) is 7.11 Å². The minimum absolute atomic E-state index is 0.369. The molecule has 1 aromatic carbocycles. The molecule has 0 spiro atoms. The zero-order chi connectivity index (χ0) is 8.10. The van der Waals surface area contributed by atoms with E-state index in [-0.39, 0.29) is 0 Å². The van der Waals surface area contributed by atoms with E-state index in [1.807, 2.05) is 30.3 Å². The molecule has 0 aromatic heterocycles. The Morgan fingerprint density at radius 2 is 2.00 bits per heavy atom. The molecule has 0 saturated carbocycles. The lowest BCUT2D eigenvalue weighted by molar-refractivity contribution is 0.214. The lowest BCUT2D eigenvalue weighted by Gasteiger charge is -1.94. The molecule has 1 aromatic rings. The van der Waals surface area contributed by atoms with Gasteiger partial charge in [-0.3, -0.25) is 0 Å². The molecule has 1 rings (SSSR count). The zero-order valence-corrected chi connectivity index (χ0v) is 6.88. The maximum absolute atomic E-state index is 5.73. The van der Waals surface area contributed by atoms with E-state index in [2.05, 4.69) is 9.99 Å². The van der Waals surface area contributed by atoms with Crippen LogP contribution < -0.4 is 0 Å². The van der Waals surface area contributed by atoms with Gasteiger partial charge in [-0.15, -0.1) is 0 Å². The molecule has 0 heterocycles. The highest BCUT2D eigenvalue weighted by Crippen LogP contribution is 2.04. The summed E-state index contributed by atoms with van der Waals surface area (Å²) in [7, 11) is 1.46. The van der Waals surface area contributed by atoms with Crippen LogP contribution in [0.2, 0.25) is 0 Å². The van der Waals surface area contributed by atoms with Gasteiger partial charge in [-0.05, 0) is 0 Å². The molecular formula is C8H8ClNO. The molecule has 0 aliphatic heterocycles. The van der Waals surface area contributed by atoms with Gasteiger partial charge in [0.1, 0.15) is 7.11 Å². The lowest BCUT2D eigenvalue weighted by atomic mass is 10.2. The Labute approximate surface area is 70.4 Å². The van der Waals surface area contributed by atoms with Gasteiger partial charge in [0, 0.05) is 5.56 Å². The fraction of sp³-hybridized carbons (Fsp3) is 0.125. The Balaban J connectivity index is 2.85. The second-order valence-corrected chi connectivity index (χ2v) is 2.29. The van der Waals surface area contributed by atoms with E-state index in [9.17, 15) is 0 Å². The van der Waals surface area contributed by atoms with Crippen molar-refractivity contribution in [1.29, 1.82) is 0 Å². The van der Waals surface area contributed by atoms with Crippen LogP contribution >= 0.6 is 11.6 Å². The number of hydrogen-bond donors (Lipinski definition) is 0. The van der Waals surface area contributed by atoms with Crippen molar-refractivity contribution >= 4 is 16.8 Å². The molecule has 11 heavy (non-hydrogen) atoms. The molecule has 2 nitrogen and oxygen atoms in total. The molecule has 58 valence electrons. The zero-order valence-electron chi connectivity index (χ0n) is 6.12. The third-order valence-electron chi connectivity index (χ3n) is 1.18. The highest BCUT2D eigenvalue weighted by Gasteiger charge is 1.96. The molecule has 0 radical (unpaired) electrons. The second kappa shape index (κ2) is 3.98. The average Bonchev–Trinajstić information content (AvgIpc) is 2.07. The largest absolute Gasteiger partial charge is 0.398 e. The molecule has 3 heteroatoms. The monoisotopic (exact) mass is 169 g/mol. The SMILES string of the molecule is CO/N=C(/Cl)c1ccccc1. The highest BCUT2D eigenvalue weighted by molar-refractivity contribution is 6.69. The van der Waals surface area contributed by atoms with Gasteiger partial charge in [0.05, 0.1) is 0 Å². The van der Waals surface area contributed by atoms with Gasteiger partial charge in [0.15, 0.2) is 5.17 Å². The summed E-state index contributed by atoms with van der Waals surface area (Å²) in [4.78, 5) is 4.51. The molecule has 0 aliphatic rings. The molecule has 0 fully saturated rings. The Hall–Kier alpha value is -1.02. The summed E-state index contributed by atoms with van der Waals surface area (Å²) in [5.74, 6) is 0. The van der Waals surface area contributed by atoms with Crippen LogP contribution in [0.3, 0.4) is 0 Å². The van der Waals surface area contributed by atoms with Gasteiger partial charge in [0.25, 0.3) is 0 Å². The fourth-order valence-corrected chi connectivity index (χ4v) is 0.904. The molecule has 0 unspecified atom stereocenters. The van der Waals surface area contributed by atoms with Crippen LogP contribution in [0.15, 0.2) is 35.5 Å². The first-order chi connectivity index (χ1) is 5.34. The summed E-state index contributed by atoms with van der Waals surface area (Å²) in [6.45, 7) is 0. The van der Waals surface area contributed by atoms with Crippen molar-refractivity contribution in [3.8, 4) is 0 Å². The Morgan fingerprint density at radius 3 is 2.55 bits per heavy atom. The van der Waals surface area contributed by atoms with Crippen LogP contribution in [0, 0.1) is 0 Å². The Kier molecular flexibility index (Phi) is 2.93. The summed E-state index contributed by atoms with van der Waals surface area (Å²) >= 11 is 5.73. The smallest absolute Gasteiger partial charge is 0.175 e. The first kappa shape index (κ1) is 8.08. The number of hydrogen-bond acceptors (Lipinski definition) is 2. The highest BCUT2D eigenvalue weighted by atomic mass is 35.5. The maximum Gasteiger partial charge on any atom is 0.175 e. The molecule has 0 aliphatic carbocycles. The van der Waals surface area contributed by atoms with Crippen LogP contribution in [0.1, 0.15) is 5.56 Å². The Morgan fingerprint density at radius 1 is 1.36 bits per heavy atom. The summed E-state index contributed by atoms with van der Waals surface area (Å²) in [6, 6.07) is 9.43. The van der Waals surface area contributed by atoms with Crippen LogP contribution in [0.25, 0.3) is 0 Å². The Bertz CT molecular complexity index is 246. The van der Waals surface area contributed by atoms with E-state index >= 15 is 0 Å². The average molecular weight is 170 g/mol. The predicted molar refractivity (Wildman–Crippen MR) is 45.8 cm³/mol. The number of nitrogens with zero attached hydrogens (tertiary/aromatic N) is 1. The summed E-state index contributed by atoms with van der Waals surface area (Å²) in [5.41, 5.74) is 0.857. The summed E-state index contributed by atoms with van der Waals surface area (Å²) < 4.78 is 0. The van der Waals surface area contributed by atoms with Crippen LogP contribution in [0.4, 0.5) is 0 Å². The van der Waals surface area contributed by atoms with Crippen molar-refractivity contribution < 1.29 is 4.84 Å². The molecule has 0 atom stereocenters. The predicted octanol–water partition coefficient (Wildman–Crippen LogP) is 2.23. The molecule has 0 N–H and O–H groups in total. The standard InChI is InChI=1S/C8H8ClNO/c1-11-10-8(9)7-5-3-2-4-6-7/h2-6H,1H3/b10-8+. The third-order valence-corrected chi connectivity index (χ3v) is 1.47. The molecular weight excluding hydrogens is 162 g/mol. The second-order valence-electron chi connectivity index (χ2n) is 1.93. The number of rotatable bonds is 2. The van der Waals surface area contributed by atoms with Gasteiger partial charge in [-0.1, -0.05) is 47.1 Å². The van der Waals surface area contributed by atoms with Crippen molar-refractivity contribution in [3.05, 3.63) is 35.9 Å². The first-order valence-electron chi connectivity index (χ1n) is 3.16. The molecule has 0 bridgehead atoms. The minimum Gasteiger partial charge on any atom is -0.398 e. The molecule has 0 amide bonds. The first-order valence-corrected chi connectivity index (χ1v) is 3.54. The van der Waals surface area contributed by atoms with Crippen LogP contribution in [0.5, 0.6) is 0 Å². The van der Waals surface area contributed by atoms with E-state index in [0.717, 1.165) is 5.56 Å². The summed E-state index contributed by atoms with van der Waals surface area (Å²) in [5, 5.41) is 3.95. The topological polar surface area (TPSA) is 21.6 Å². The van der Waals surface area contributed by atoms with Gasteiger partial charge in [-0.2, -0.15) is 0 Å². The summed E-state index contributed by atoms with van der Waals surface area (Å²) in [6.07, 6.45) is 0. The minimum atomic E-state index is 0.369. The van der Waals surface area contributed by atoms with Crippen molar-refractivity contribution in [3.63, 3.8) is 0 Å². The molecule has 0 saturated heterocycles. The van der Waals surface area contributed by atoms with Crippen molar-refractivity contribution in [2.75, 3.05) is 7.11 Å². The third kappa shape index (κ3) is 2.24.